The molecule has 1 N–H and O–H groups in total. The molecule has 162 valence electrons. The summed E-state index contributed by atoms with van der Waals surface area (Å²) in [7, 11) is 0. The number of aryl methyl sites for hydroxylation is 1. The molecule has 0 saturated carbocycles. The van der Waals surface area contributed by atoms with Crippen molar-refractivity contribution in [3.05, 3.63) is 83.4 Å². The van der Waals surface area contributed by atoms with Crippen molar-refractivity contribution in [2.45, 2.75) is 33.0 Å². The summed E-state index contributed by atoms with van der Waals surface area (Å²) in [5.74, 6) is 0.602. The van der Waals surface area contributed by atoms with Gasteiger partial charge in [0.1, 0.15) is 17.1 Å². The maximum Gasteiger partial charge on any atom is 0.290 e. The van der Waals surface area contributed by atoms with E-state index in [4.69, 9.17) is 4.42 Å². The predicted octanol–water partition coefficient (Wildman–Crippen LogP) is 3.48. The average Bonchev–Trinajstić information content (AvgIpc) is 3.40. The second-order valence-corrected chi connectivity index (χ2v) is 7.91. The zero-order valence-electron chi connectivity index (χ0n) is 17.9. The summed E-state index contributed by atoms with van der Waals surface area (Å²) in [6.45, 7) is 5.22. The van der Waals surface area contributed by atoms with Gasteiger partial charge in [-0.25, -0.2) is 4.98 Å². The number of rotatable bonds is 4. The smallest absolute Gasteiger partial charge is 0.290 e. The van der Waals surface area contributed by atoms with Gasteiger partial charge in [0, 0.05) is 36.4 Å². The van der Waals surface area contributed by atoms with Crippen LogP contribution in [0.25, 0.3) is 11.0 Å². The molecule has 2 amide bonds. The number of para-hydroxylation sites is 1. The maximum atomic E-state index is 13.3. The first-order valence-corrected chi connectivity index (χ1v) is 10.6. The number of nitrogens with zero attached hydrogens (tertiary/aromatic N) is 4. The van der Waals surface area contributed by atoms with E-state index in [0.717, 1.165) is 16.6 Å². The fraction of sp³-hybridized carbons (Fsp3) is 0.250. The molecule has 4 aromatic rings. The topological polar surface area (TPSA) is 93.3 Å². The summed E-state index contributed by atoms with van der Waals surface area (Å²) in [4.78, 5) is 36.4. The van der Waals surface area contributed by atoms with E-state index in [0.29, 0.717) is 42.5 Å². The van der Waals surface area contributed by atoms with E-state index in [1.54, 1.807) is 17.3 Å². The summed E-state index contributed by atoms with van der Waals surface area (Å²) < 4.78 is 7.82. The van der Waals surface area contributed by atoms with Gasteiger partial charge in [0.25, 0.3) is 11.8 Å². The second kappa shape index (κ2) is 7.96. The average molecular weight is 429 g/mol. The highest BCUT2D eigenvalue weighted by atomic mass is 16.3. The van der Waals surface area contributed by atoms with Gasteiger partial charge in [-0.2, -0.15) is 0 Å². The molecule has 3 aromatic heterocycles. The van der Waals surface area contributed by atoms with Crippen LogP contribution in [-0.4, -0.2) is 37.8 Å². The first kappa shape index (κ1) is 20.0. The Morgan fingerprint density at radius 2 is 1.97 bits per heavy atom. The van der Waals surface area contributed by atoms with Crippen molar-refractivity contribution < 1.29 is 14.0 Å². The Kier molecular flexibility index (Phi) is 4.97. The number of pyridine rings is 1. The highest BCUT2D eigenvalue weighted by Crippen LogP contribution is 2.30. The lowest BCUT2D eigenvalue weighted by Crippen LogP contribution is -2.41. The standard InChI is InChI=1S/C24H23N5O3/c1-15-18-8-3-4-9-20(18)32-21(15)24(31)29-12-11-28-14-19(27-22(28)16(29)2)23(30)26-13-17-7-5-6-10-25-17/h3-10,14,16H,11-13H2,1-2H3,(H,26,30)/t16-/m0/s1. The number of amides is 2. The van der Waals surface area contributed by atoms with Gasteiger partial charge in [0.05, 0.1) is 18.3 Å². The van der Waals surface area contributed by atoms with Gasteiger partial charge in [-0.3, -0.25) is 14.6 Å². The third-order valence-corrected chi connectivity index (χ3v) is 5.92. The molecule has 1 aliphatic heterocycles. The van der Waals surface area contributed by atoms with Crippen molar-refractivity contribution in [1.82, 2.24) is 24.8 Å². The zero-order chi connectivity index (χ0) is 22.2. The molecule has 4 heterocycles. The lowest BCUT2D eigenvalue weighted by atomic mass is 10.1. The van der Waals surface area contributed by atoms with Gasteiger partial charge in [0.15, 0.2) is 5.76 Å². The highest BCUT2D eigenvalue weighted by Gasteiger charge is 2.33. The van der Waals surface area contributed by atoms with Crippen LogP contribution in [0.1, 0.15) is 51.1 Å². The third-order valence-electron chi connectivity index (χ3n) is 5.92. The van der Waals surface area contributed by atoms with Gasteiger partial charge >= 0.3 is 0 Å². The Morgan fingerprint density at radius 1 is 1.16 bits per heavy atom. The van der Waals surface area contributed by atoms with E-state index in [-0.39, 0.29) is 17.9 Å². The molecule has 0 radical (unpaired) electrons. The summed E-state index contributed by atoms with van der Waals surface area (Å²) in [6, 6.07) is 12.9. The zero-order valence-corrected chi connectivity index (χ0v) is 17.9. The Morgan fingerprint density at radius 3 is 2.75 bits per heavy atom. The number of imidazole rings is 1. The highest BCUT2D eigenvalue weighted by molar-refractivity contribution is 5.99. The maximum absolute atomic E-state index is 13.3. The van der Waals surface area contributed by atoms with Crippen LogP contribution in [0.3, 0.4) is 0 Å². The summed E-state index contributed by atoms with van der Waals surface area (Å²) in [6.07, 6.45) is 3.43. The van der Waals surface area contributed by atoms with Crippen molar-refractivity contribution in [1.29, 1.82) is 0 Å². The largest absolute Gasteiger partial charge is 0.451 e. The van der Waals surface area contributed by atoms with E-state index < -0.39 is 0 Å². The van der Waals surface area contributed by atoms with Crippen LogP contribution in [0.15, 0.2) is 59.3 Å². The van der Waals surface area contributed by atoms with Gasteiger partial charge < -0.3 is 19.2 Å². The quantitative estimate of drug-likeness (QED) is 0.536. The molecule has 0 bridgehead atoms. The predicted molar refractivity (Wildman–Crippen MR) is 118 cm³/mol. The van der Waals surface area contributed by atoms with Gasteiger partial charge in [0.2, 0.25) is 0 Å². The van der Waals surface area contributed by atoms with Gasteiger partial charge in [-0.15, -0.1) is 0 Å². The van der Waals surface area contributed by atoms with Gasteiger partial charge in [-0.05, 0) is 32.0 Å². The molecule has 1 atom stereocenters. The number of hydrogen-bond donors (Lipinski definition) is 1. The molecule has 1 aromatic carbocycles. The van der Waals surface area contributed by atoms with Crippen LogP contribution in [0.2, 0.25) is 0 Å². The first-order valence-electron chi connectivity index (χ1n) is 10.6. The fourth-order valence-electron chi connectivity index (χ4n) is 4.15. The number of furan rings is 1. The van der Waals surface area contributed by atoms with E-state index in [1.165, 1.54) is 0 Å². The van der Waals surface area contributed by atoms with Crippen LogP contribution in [0, 0.1) is 6.92 Å². The normalized spacial score (nSPS) is 15.6. The molecular formula is C24H23N5O3. The second-order valence-electron chi connectivity index (χ2n) is 7.91. The third kappa shape index (κ3) is 3.43. The number of hydrogen-bond acceptors (Lipinski definition) is 5. The molecule has 0 saturated heterocycles. The molecule has 0 fully saturated rings. The van der Waals surface area contributed by atoms with Gasteiger partial charge in [-0.1, -0.05) is 24.3 Å². The van der Waals surface area contributed by atoms with Crippen molar-refractivity contribution in [3.8, 4) is 0 Å². The lowest BCUT2D eigenvalue weighted by Gasteiger charge is -2.33. The van der Waals surface area contributed by atoms with E-state index in [9.17, 15) is 9.59 Å². The Hall–Kier alpha value is -3.94. The number of benzene rings is 1. The van der Waals surface area contributed by atoms with Crippen LogP contribution in [0.4, 0.5) is 0 Å². The molecule has 0 unspecified atom stereocenters. The minimum atomic E-state index is -0.291. The van der Waals surface area contributed by atoms with E-state index in [2.05, 4.69) is 15.3 Å². The van der Waals surface area contributed by atoms with Crippen LogP contribution < -0.4 is 5.32 Å². The number of nitrogens with one attached hydrogen (secondary N) is 1. The summed E-state index contributed by atoms with van der Waals surface area (Å²) in [5.41, 5.74) is 2.64. The molecule has 1 aliphatic rings. The molecule has 0 aliphatic carbocycles. The Labute approximate surface area is 184 Å². The fourth-order valence-corrected chi connectivity index (χ4v) is 4.15. The number of carbonyl (C=O) groups is 2. The monoisotopic (exact) mass is 429 g/mol. The van der Waals surface area contributed by atoms with Crippen LogP contribution in [0.5, 0.6) is 0 Å². The van der Waals surface area contributed by atoms with E-state index >= 15 is 0 Å². The molecular weight excluding hydrogens is 406 g/mol. The summed E-state index contributed by atoms with van der Waals surface area (Å²) in [5, 5.41) is 3.79. The van der Waals surface area contributed by atoms with Crippen molar-refractivity contribution in [2.75, 3.05) is 6.54 Å². The molecule has 5 rings (SSSR count). The molecule has 32 heavy (non-hydrogen) atoms. The number of fused-ring (bicyclic) bond motifs is 2. The molecule has 0 spiro atoms. The molecule has 8 nitrogen and oxygen atoms in total. The Balaban J connectivity index is 1.34. The van der Waals surface area contributed by atoms with Crippen molar-refractivity contribution >= 4 is 22.8 Å². The van der Waals surface area contributed by atoms with Crippen molar-refractivity contribution in [2.24, 2.45) is 0 Å². The minimum absolute atomic E-state index is 0.165. The van der Waals surface area contributed by atoms with E-state index in [1.807, 2.05) is 60.9 Å². The van der Waals surface area contributed by atoms with Crippen molar-refractivity contribution in [3.63, 3.8) is 0 Å². The number of aromatic nitrogens is 3. The van der Waals surface area contributed by atoms with Crippen LogP contribution >= 0.6 is 0 Å². The SMILES string of the molecule is Cc1c(C(=O)N2CCn3cc(C(=O)NCc4ccccn4)nc3[C@@H]2C)oc2ccccc12. The minimum Gasteiger partial charge on any atom is -0.451 e. The Bertz CT molecular complexity index is 1310. The molecule has 8 heteroatoms. The first-order chi connectivity index (χ1) is 15.5. The lowest BCUT2D eigenvalue weighted by molar-refractivity contribution is 0.0606. The summed E-state index contributed by atoms with van der Waals surface area (Å²) >= 11 is 0. The number of carbonyl (C=O) groups excluding carboxylic acids is 2. The van der Waals surface area contributed by atoms with Crippen LogP contribution in [-0.2, 0) is 13.1 Å².